The van der Waals surface area contributed by atoms with Crippen LogP contribution >= 0.6 is 0 Å². The zero-order valence-electron chi connectivity index (χ0n) is 10.4. The molecular weight excluding hydrogens is 212 g/mol. The Balaban J connectivity index is 2.06. The summed E-state index contributed by atoms with van der Waals surface area (Å²) in [6.07, 6.45) is 2.52. The van der Waals surface area contributed by atoms with E-state index in [-0.39, 0.29) is 5.91 Å². The van der Waals surface area contributed by atoms with Gasteiger partial charge in [-0.2, -0.15) is 0 Å². The van der Waals surface area contributed by atoms with Crippen molar-refractivity contribution in [2.75, 3.05) is 17.2 Å². The monoisotopic (exact) mass is 230 g/mol. The van der Waals surface area contributed by atoms with Crippen LogP contribution in [0.15, 0.2) is 18.2 Å². The summed E-state index contributed by atoms with van der Waals surface area (Å²) in [7, 11) is 0. The number of fused-ring (bicyclic) bond motifs is 1. The molecule has 1 heterocycles. The van der Waals surface area contributed by atoms with Gasteiger partial charge >= 0.3 is 0 Å². The van der Waals surface area contributed by atoms with Crippen molar-refractivity contribution in [2.45, 2.75) is 32.1 Å². The smallest absolute Gasteiger partial charge is 0.237 e. The highest BCUT2D eigenvalue weighted by molar-refractivity contribution is 6.07. The Labute approximate surface area is 102 Å². The van der Waals surface area contributed by atoms with Gasteiger partial charge in [-0.3, -0.25) is 4.79 Å². The predicted octanol–water partition coefficient (Wildman–Crippen LogP) is 2.30. The third-order valence-corrected chi connectivity index (χ3v) is 3.90. The second-order valence-electron chi connectivity index (χ2n) is 5.76. The van der Waals surface area contributed by atoms with Gasteiger partial charge in [-0.15, -0.1) is 0 Å². The lowest BCUT2D eigenvalue weighted by Crippen LogP contribution is -2.37. The fourth-order valence-electron chi connectivity index (χ4n) is 2.59. The van der Waals surface area contributed by atoms with Crippen LogP contribution in [0.25, 0.3) is 0 Å². The highest BCUT2D eigenvalue weighted by Crippen LogP contribution is 2.44. The van der Waals surface area contributed by atoms with Crippen LogP contribution in [0.5, 0.6) is 0 Å². The third kappa shape index (κ3) is 1.53. The fraction of sp³-hybridized carbons (Fsp3) is 0.500. The maximum absolute atomic E-state index is 12.4. The van der Waals surface area contributed by atoms with Crippen molar-refractivity contribution in [3.05, 3.63) is 23.8 Å². The minimum absolute atomic E-state index is 0.213. The van der Waals surface area contributed by atoms with Gasteiger partial charge in [0.25, 0.3) is 0 Å². The molecule has 1 aromatic carbocycles. The number of carbonyl (C=O) groups is 1. The molecule has 0 atom stereocenters. The summed E-state index contributed by atoms with van der Waals surface area (Å²) in [5, 5.41) is 0. The normalized spacial score (nSPS) is 21.8. The topological polar surface area (TPSA) is 46.3 Å². The van der Waals surface area contributed by atoms with E-state index in [1.54, 1.807) is 0 Å². The van der Waals surface area contributed by atoms with Crippen molar-refractivity contribution in [3.8, 4) is 0 Å². The Bertz CT molecular complexity index is 489. The van der Waals surface area contributed by atoms with Gasteiger partial charge < -0.3 is 10.6 Å². The van der Waals surface area contributed by atoms with Crippen molar-refractivity contribution in [1.82, 2.24) is 0 Å². The second-order valence-corrected chi connectivity index (χ2v) is 5.76. The number of hydrogen-bond donors (Lipinski definition) is 1. The second kappa shape index (κ2) is 3.25. The molecule has 0 aromatic heterocycles. The quantitative estimate of drug-likeness (QED) is 0.792. The molecule has 2 N–H and O–H groups in total. The number of nitrogens with zero attached hydrogens (tertiary/aromatic N) is 1. The summed E-state index contributed by atoms with van der Waals surface area (Å²) in [6, 6.07) is 5.81. The summed E-state index contributed by atoms with van der Waals surface area (Å²) < 4.78 is 0. The molecule has 1 saturated carbocycles. The minimum atomic E-state index is -0.431. The maximum Gasteiger partial charge on any atom is 0.237 e. The lowest BCUT2D eigenvalue weighted by molar-refractivity contribution is -0.122. The molecule has 3 heteroatoms. The van der Waals surface area contributed by atoms with Crippen molar-refractivity contribution < 1.29 is 4.79 Å². The Morgan fingerprint density at radius 3 is 2.76 bits per heavy atom. The summed E-state index contributed by atoms with van der Waals surface area (Å²) in [5.74, 6) is 0.920. The Hall–Kier alpha value is -1.51. The molecule has 1 aromatic rings. The number of benzene rings is 1. The fourth-order valence-corrected chi connectivity index (χ4v) is 2.59. The first-order valence-electron chi connectivity index (χ1n) is 6.22. The number of anilines is 2. The van der Waals surface area contributed by atoms with Gasteiger partial charge in [-0.05, 0) is 56.4 Å². The van der Waals surface area contributed by atoms with Gasteiger partial charge in [0.05, 0.1) is 5.41 Å². The van der Waals surface area contributed by atoms with E-state index in [0.717, 1.165) is 23.5 Å². The molecule has 0 saturated heterocycles. The molecule has 3 nitrogen and oxygen atoms in total. The van der Waals surface area contributed by atoms with Crippen LogP contribution in [0, 0.1) is 5.92 Å². The summed E-state index contributed by atoms with van der Waals surface area (Å²) >= 11 is 0. The van der Waals surface area contributed by atoms with E-state index < -0.39 is 5.41 Å². The number of nitrogens with two attached hydrogens (primary N) is 1. The van der Waals surface area contributed by atoms with Crippen LogP contribution < -0.4 is 10.6 Å². The van der Waals surface area contributed by atoms with Crippen molar-refractivity contribution in [1.29, 1.82) is 0 Å². The number of rotatable bonds is 2. The largest absolute Gasteiger partial charge is 0.399 e. The van der Waals surface area contributed by atoms with Gasteiger partial charge in [0.2, 0.25) is 5.91 Å². The van der Waals surface area contributed by atoms with Crippen molar-refractivity contribution >= 4 is 17.3 Å². The van der Waals surface area contributed by atoms with Crippen LogP contribution in [-0.2, 0) is 10.2 Å². The van der Waals surface area contributed by atoms with E-state index in [1.165, 1.54) is 12.8 Å². The van der Waals surface area contributed by atoms with E-state index in [2.05, 4.69) is 0 Å². The van der Waals surface area contributed by atoms with Gasteiger partial charge in [0.1, 0.15) is 0 Å². The predicted molar refractivity (Wildman–Crippen MR) is 69.0 cm³/mol. The van der Waals surface area contributed by atoms with E-state index in [0.29, 0.717) is 5.92 Å². The first-order chi connectivity index (χ1) is 8.00. The maximum atomic E-state index is 12.4. The standard InChI is InChI=1S/C14H18N2O/c1-14(2)11-7-10(15)5-6-12(11)16(13(14)17)8-9-3-4-9/h5-7,9H,3-4,8,15H2,1-2H3. The van der Waals surface area contributed by atoms with E-state index in [1.807, 2.05) is 36.9 Å². The van der Waals surface area contributed by atoms with Crippen LogP contribution in [0.2, 0.25) is 0 Å². The Kier molecular flexibility index (Phi) is 2.03. The lowest BCUT2D eigenvalue weighted by atomic mass is 9.86. The van der Waals surface area contributed by atoms with E-state index in [9.17, 15) is 4.79 Å². The molecule has 0 unspecified atom stereocenters. The molecule has 0 bridgehead atoms. The van der Waals surface area contributed by atoms with Crippen molar-refractivity contribution in [2.24, 2.45) is 5.92 Å². The molecule has 1 aliphatic heterocycles. The van der Waals surface area contributed by atoms with E-state index in [4.69, 9.17) is 5.73 Å². The van der Waals surface area contributed by atoms with Crippen LogP contribution in [0.3, 0.4) is 0 Å². The van der Waals surface area contributed by atoms with Gasteiger partial charge in [-0.25, -0.2) is 0 Å². The molecule has 1 fully saturated rings. The van der Waals surface area contributed by atoms with Crippen molar-refractivity contribution in [3.63, 3.8) is 0 Å². The van der Waals surface area contributed by atoms with Crippen LogP contribution in [-0.4, -0.2) is 12.5 Å². The molecule has 0 spiro atoms. The first kappa shape index (κ1) is 10.6. The average Bonchev–Trinajstić information content (AvgIpc) is 3.06. The molecule has 17 heavy (non-hydrogen) atoms. The zero-order chi connectivity index (χ0) is 12.2. The van der Waals surface area contributed by atoms with Gasteiger partial charge in [-0.1, -0.05) is 0 Å². The Morgan fingerprint density at radius 1 is 1.41 bits per heavy atom. The summed E-state index contributed by atoms with van der Waals surface area (Å²) in [4.78, 5) is 14.4. The lowest BCUT2D eigenvalue weighted by Gasteiger charge is -2.20. The Morgan fingerprint density at radius 2 is 2.12 bits per heavy atom. The molecule has 1 aliphatic carbocycles. The minimum Gasteiger partial charge on any atom is -0.399 e. The molecule has 0 radical (unpaired) electrons. The first-order valence-corrected chi connectivity index (χ1v) is 6.22. The highest BCUT2D eigenvalue weighted by atomic mass is 16.2. The average molecular weight is 230 g/mol. The molecule has 3 rings (SSSR count). The van der Waals surface area contributed by atoms with Gasteiger partial charge in [0, 0.05) is 17.9 Å². The van der Waals surface area contributed by atoms with Crippen LogP contribution in [0.4, 0.5) is 11.4 Å². The number of amides is 1. The number of hydrogen-bond acceptors (Lipinski definition) is 2. The zero-order valence-corrected chi connectivity index (χ0v) is 10.4. The molecule has 1 amide bonds. The number of nitrogen functional groups attached to an aromatic ring is 1. The highest BCUT2D eigenvalue weighted by Gasteiger charge is 2.45. The summed E-state index contributed by atoms with van der Waals surface area (Å²) in [6.45, 7) is 4.85. The molecule has 90 valence electrons. The number of carbonyl (C=O) groups excluding carboxylic acids is 1. The van der Waals surface area contributed by atoms with Crippen LogP contribution in [0.1, 0.15) is 32.3 Å². The van der Waals surface area contributed by atoms with Gasteiger partial charge in [0.15, 0.2) is 0 Å². The third-order valence-electron chi connectivity index (χ3n) is 3.90. The molecule has 2 aliphatic rings. The summed E-state index contributed by atoms with van der Waals surface area (Å²) in [5.41, 5.74) is 8.26. The molecular formula is C14H18N2O. The van der Waals surface area contributed by atoms with E-state index >= 15 is 0 Å². The SMILES string of the molecule is CC1(C)C(=O)N(CC2CC2)c2ccc(N)cc21.